The average molecular weight is 242 g/mol. The van der Waals surface area contributed by atoms with Crippen LogP contribution in [0, 0.1) is 0 Å². The Hall–Kier alpha value is -0.800. The predicted molar refractivity (Wildman–Crippen MR) is 57.8 cm³/mol. The molecule has 2 N–H and O–H groups in total. The van der Waals surface area contributed by atoms with Crippen LogP contribution in [0.1, 0.15) is 11.6 Å². The molecule has 0 aromatic heterocycles. The Morgan fingerprint density at radius 2 is 2.31 bits per heavy atom. The molecule has 0 aliphatic heterocycles. The van der Waals surface area contributed by atoms with E-state index in [1.807, 2.05) is 18.2 Å². The molecule has 70 valence electrons. The van der Waals surface area contributed by atoms with Crippen molar-refractivity contribution >= 4 is 15.9 Å². The summed E-state index contributed by atoms with van der Waals surface area (Å²) in [5.41, 5.74) is 6.81. The van der Waals surface area contributed by atoms with Gasteiger partial charge in [0, 0.05) is 10.5 Å². The van der Waals surface area contributed by atoms with E-state index in [-0.39, 0.29) is 6.04 Å². The van der Waals surface area contributed by atoms with Gasteiger partial charge in [0.15, 0.2) is 0 Å². The third-order valence-electron chi connectivity index (χ3n) is 1.82. The fourth-order valence-corrected chi connectivity index (χ4v) is 1.65. The molecule has 0 aliphatic rings. The number of halogens is 1. The maximum atomic E-state index is 5.80. The number of hydrogen-bond donors (Lipinski definition) is 1. The highest BCUT2D eigenvalue weighted by molar-refractivity contribution is 9.10. The van der Waals surface area contributed by atoms with Gasteiger partial charge in [-0.05, 0) is 17.7 Å². The van der Waals surface area contributed by atoms with Gasteiger partial charge in [-0.3, -0.25) is 0 Å². The quantitative estimate of drug-likeness (QED) is 0.827. The predicted octanol–water partition coefficient (Wildman–Crippen LogP) is 2.64. The lowest BCUT2D eigenvalue weighted by molar-refractivity contribution is 0.414. The Bertz CT molecular complexity index is 312. The van der Waals surface area contributed by atoms with Gasteiger partial charge >= 0.3 is 0 Å². The van der Waals surface area contributed by atoms with E-state index in [1.54, 1.807) is 13.2 Å². The number of hydrogen-bond acceptors (Lipinski definition) is 2. The Kier molecular flexibility index (Phi) is 3.51. The van der Waals surface area contributed by atoms with E-state index < -0.39 is 0 Å². The van der Waals surface area contributed by atoms with Crippen molar-refractivity contribution in [2.45, 2.75) is 6.04 Å². The van der Waals surface area contributed by atoms with E-state index in [0.29, 0.717) is 0 Å². The fourth-order valence-electron chi connectivity index (χ4n) is 1.03. The minimum absolute atomic E-state index is 0.139. The summed E-state index contributed by atoms with van der Waals surface area (Å²) in [5, 5.41) is 0. The molecule has 0 heterocycles. The zero-order chi connectivity index (χ0) is 9.84. The lowest BCUT2D eigenvalue weighted by Crippen LogP contribution is -2.07. The zero-order valence-corrected chi connectivity index (χ0v) is 9.04. The minimum atomic E-state index is -0.139. The standard InChI is InChI=1S/C10H12BrNO/c1-3-10(12)8-5-4-7(13-2)6-9(8)11/h3-6,10H,1,12H2,2H3/t10-/m1/s1. The van der Waals surface area contributed by atoms with Crippen LogP contribution < -0.4 is 10.5 Å². The van der Waals surface area contributed by atoms with Crippen molar-refractivity contribution < 1.29 is 4.74 Å². The number of methoxy groups -OCH3 is 1. The van der Waals surface area contributed by atoms with Gasteiger partial charge in [-0.15, -0.1) is 6.58 Å². The Balaban J connectivity index is 3.04. The normalized spacial score (nSPS) is 12.2. The fraction of sp³-hybridized carbons (Fsp3) is 0.200. The van der Waals surface area contributed by atoms with Crippen LogP contribution in [-0.4, -0.2) is 7.11 Å². The third kappa shape index (κ3) is 2.32. The summed E-state index contributed by atoms with van der Waals surface area (Å²) in [6.07, 6.45) is 1.70. The molecule has 13 heavy (non-hydrogen) atoms. The lowest BCUT2D eigenvalue weighted by Gasteiger charge is -2.10. The summed E-state index contributed by atoms with van der Waals surface area (Å²) < 4.78 is 6.01. The first kappa shape index (κ1) is 10.3. The van der Waals surface area contributed by atoms with Crippen molar-refractivity contribution in [1.29, 1.82) is 0 Å². The zero-order valence-electron chi connectivity index (χ0n) is 7.46. The van der Waals surface area contributed by atoms with Gasteiger partial charge in [0.1, 0.15) is 5.75 Å². The Morgan fingerprint density at radius 3 is 2.77 bits per heavy atom. The van der Waals surface area contributed by atoms with Crippen molar-refractivity contribution in [3.05, 3.63) is 40.9 Å². The largest absolute Gasteiger partial charge is 0.497 e. The van der Waals surface area contributed by atoms with Crippen LogP contribution in [0.15, 0.2) is 35.3 Å². The molecular weight excluding hydrogens is 230 g/mol. The molecule has 0 bridgehead atoms. The van der Waals surface area contributed by atoms with E-state index in [9.17, 15) is 0 Å². The molecule has 2 nitrogen and oxygen atoms in total. The summed E-state index contributed by atoms with van der Waals surface area (Å²) in [7, 11) is 1.63. The maximum absolute atomic E-state index is 5.80. The average Bonchev–Trinajstić information content (AvgIpc) is 2.16. The SMILES string of the molecule is C=C[C@@H](N)c1ccc(OC)cc1Br. The van der Waals surface area contributed by atoms with Crippen LogP contribution in [-0.2, 0) is 0 Å². The van der Waals surface area contributed by atoms with E-state index in [1.165, 1.54) is 0 Å². The first-order valence-electron chi connectivity index (χ1n) is 3.90. The van der Waals surface area contributed by atoms with E-state index >= 15 is 0 Å². The minimum Gasteiger partial charge on any atom is -0.497 e. The topological polar surface area (TPSA) is 35.2 Å². The molecule has 0 saturated carbocycles. The van der Waals surface area contributed by atoms with Crippen LogP contribution in [0.4, 0.5) is 0 Å². The van der Waals surface area contributed by atoms with Gasteiger partial charge in [-0.2, -0.15) is 0 Å². The van der Waals surface area contributed by atoms with Crippen molar-refractivity contribution in [3.8, 4) is 5.75 Å². The molecule has 0 aliphatic carbocycles. The van der Waals surface area contributed by atoms with Crippen LogP contribution in [0.5, 0.6) is 5.75 Å². The van der Waals surface area contributed by atoms with Gasteiger partial charge in [-0.25, -0.2) is 0 Å². The molecule has 0 amide bonds. The molecule has 0 unspecified atom stereocenters. The number of nitrogens with two attached hydrogens (primary N) is 1. The summed E-state index contributed by atoms with van der Waals surface area (Å²) in [6.45, 7) is 3.64. The summed E-state index contributed by atoms with van der Waals surface area (Å²) in [5.74, 6) is 0.812. The molecule has 0 spiro atoms. The Labute approximate surface area is 86.5 Å². The smallest absolute Gasteiger partial charge is 0.120 e. The van der Waals surface area contributed by atoms with Crippen molar-refractivity contribution in [3.63, 3.8) is 0 Å². The summed E-state index contributed by atoms with van der Waals surface area (Å²) in [6, 6.07) is 5.55. The molecule has 0 saturated heterocycles. The van der Waals surface area contributed by atoms with Crippen molar-refractivity contribution in [1.82, 2.24) is 0 Å². The van der Waals surface area contributed by atoms with Crippen molar-refractivity contribution in [2.24, 2.45) is 5.73 Å². The van der Waals surface area contributed by atoms with Gasteiger partial charge in [0.25, 0.3) is 0 Å². The van der Waals surface area contributed by atoms with Crippen molar-refractivity contribution in [2.75, 3.05) is 7.11 Å². The molecular formula is C10H12BrNO. The van der Waals surface area contributed by atoms with Gasteiger partial charge in [-0.1, -0.05) is 28.1 Å². The molecule has 0 radical (unpaired) electrons. The van der Waals surface area contributed by atoms with E-state index in [0.717, 1.165) is 15.8 Å². The maximum Gasteiger partial charge on any atom is 0.120 e. The number of ether oxygens (including phenoxy) is 1. The van der Waals surface area contributed by atoms with Crippen LogP contribution >= 0.6 is 15.9 Å². The van der Waals surface area contributed by atoms with Gasteiger partial charge in [0.05, 0.1) is 7.11 Å². The van der Waals surface area contributed by atoms with Crippen LogP contribution in [0.25, 0.3) is 0 Å². The second-order valence-electron chi connectivity index (χ2n) is 2.65. The van der Waals surface area contributed by atoms with Crippen LogP contribution in [0.2, 0.25) is 0 Å². The lowest BCUT2D eigenvalue weighted by atomic mass is 10.1. The molecule has 1 rings (SSSR count). The Morgan fingerprint density at radius 1 is 1.62 bits per heavy atom. The first-order chi connectivity index (χ1) is 6.19. The highest BCUT2D eigenvalue weighted by atomic mass is 79.9. The highest BCUT2D eigenvalue weighted by Gasteiger charge is 2.06. The third-order valence-corrected chi connectivity index (χ3v) is 2.51. The summed E-state index contributed by atoms with van der Waals surface area (Å²) in [4.78, 5) is 0. The first-order valence-corrected chi connectivity index (χ1v) is 4.70. The number of rotatable bonds is 3. The summed E-state index contributed by atoms with van der Waals surface area (Å²) >= 11 is 3.42. The van der Waals surface area contributed by atoms with E-state index in [4.69, 9.17) is 10.5 Å². The second kappa shape index (κ2) is 4.44. The molecule has 1 atom stereocenters. The molecule has 1 aromatic carbocycles. The molecule has 1 aromatic rings. The number of benzene rings is 1. The van der Waals surface area contributed by atoms with E-state index in [2.05, 4.69) is 22.5 Å². The van der Waals surface area contributed by atoms with Gasteiger partial charge in [0.2, 0.25) is 0 Å². The molecule has 0 fully saturated rings. The highest BCUT2D eigenvalue weighted by Crippen LogP contribution is 2.26. The van der Waals surface area contributed by atoms with Gasteiger partial charge < -0.3 is 10.5 Å². The monoisotopic (exact) mass is 241 g/mol. The molecule has 3 heteroatoms. The second-order valence-corrected chi connectivity index (χ2v) is 3.50. The van der Waals surface area contributed by atoms with Crippen LogP contribution in [0.3, 0.4) is 0 Å².